The van der Waals surface area contributed by atoms with Gasteiger partial charge < -0.3 is 0 Å². The zero-order chi connectivity index (χ0) is 8.27. The Bertz CT molecular complexity index is 157. The molecule has 1 heteroatoms. The van der Waals surface area contributed by atoms with E-state index in [-0.39, 0.29) is 0 Å². The highest BCUT2D eigenvalue weighted by Crippen LogP contribution is 2.46. The van der Waals surface area contributed by atoms with Crippen LogP contribution in [0.1, 0.15) is 39.5 Å². The summed E-state index contributed by atoms with van der Waals surface area (Å²) in [5.74, 6) is 2.49. The first-order valence-corrected chi connectivity index (χ1v) is 4.66. The molecular weight excluding hydrogens is 134 g/mol. The van der Waals surface area contributed by atoms with E-state index < -0.39 is 0 Å². The quantitative estimate of drug-likeness (QED) is 0.606. The standard InChI is InChI=1S/C10H17N/c1-3-4-9(5-6-11)10-7-8(10)2/h8-10H,3-5,7H2,1-2H3. The molecule has 0 saturated heterocycles. The fraction of sp³-hybridized carbons (Fsp3) is 0.900. The Morgan fingerprint density at radius 2 is 2.27 bits per heavy atom. The second-order valence-electron chi connectivity index (χ2n) is 3.79. The normalized spacial score (nSPS) is 31.0. The van der Waals surface area contributed by atoms with Crippen LogP contribution in [0.5, 0.6) is 0 Å². The fourth-order valence-corrected chi connectivity index (χ4v) is 1.96. The van der Waals surface area contributed by atoms with E-state index >= 15 is 0 Å². The molecule has 0 aliphatic heterocycles. The molecule has 11 heavy (non-hydrogen) atoms. The van der Waals surface area contributed by atoms with Crippen molar-refractivity contribution in [3.05, 3.63) is 0 Å². The number of hydrogen-bond donors (Lipinski definition) is 0. The van der Waals surface area contributed by atoms with Gasteiger partial charge in [-0.15, -0.1) is 0 Å². The van der Waals surface area contributed by atoms with Crippen molar-refractivity contribution in [3.8, 4) is 6.07 Å². The summed E-state index contributed by atoms with van der Waals surface area (Å²) in [5, 5.41) is 8.58. The van der Waals surface area contributed by atoms with Crippen LogP contribution in [-0.2, 0) is 0 Å². The SMILES string of the molecule is CCCC(CC#N)C1CC1C. The average molecular weight is 151 g/mol. The van der Waals surface area contributed by atoms with E-state index in [9.17, 15) is 0 Å². The van der Waals surface area contributed by atoms with Crippen molar-refractivity contribution in [2.75, 3.05) is 0 Å². The van der Waals surface area contributed by atoms with Crippen LogP contribution < -0.4 is 0 Å². The second-order valence-corrected chi connectivity index (χ2v) is 3.79. The summed E-state index contributed by atoms with van der Waals surface area (Å²) in [4.78, 5) is 0. The third-order valence-electron chi connectivity index (χ3n) is 2.79. The lowest BCUT2D eigenvalue weighted by atomic mass is 9.94. The van der Waals surface area contributed by atoms with Crippen molar-refractivity contribution in [1.82, 2.24) is 0 Å². The highest BCUT2D eigenvalue weighted by atomic mass is 14.4. The van der Waals surface area contributed by atoms with Crippen molar-refractivity contribution in [2.45, 2.75) is 39.5 Å². The van der Waals surface area contributed by atoms with E-state index in [0.29, 0.717) is 5.92 Å². The van der Waals surface area contributed by atoms with Crippen molar-refractivity contribution in [2.24, 2.45) is 17.8 Å². The van der Waals surface area contributed by atoms with Gasteiger partial charge in [0.15, 0.2) is 0 Å². The van der Waals surface area contributed by atoms with Gasteiger partial charge in [-0.25, -0.2) is 0 Å². The molecule has 0 aromatic carbocycles. The smallest absolute Gasteiger partial charge is 0.0624 e. The van der Waals surface area contributed by atoms with Crippen molar-refractivity contribution in [1.29, 1.82) is 5.26 Å². The highest BCUT2D eigenvalue weighted by Gasteiger charge is 2.38. The summed E-state index contributed by atoms with van der Waals surface area (Å²) < 4.78 is 0. The van der Waals surface area contributed by atoms with Crippen LogP contribution in [0.4, 0.5) is 0 Å². The molecule has 0 amide bonds. The van der Waals surface area contributed by atoms with E-state index in [0.717, 1.165) is 18.3 Å². The lowest BCUT2D eigenvalue weighted by Crippen LogP contribution is -2.02. The van der Waals surface area contributed by atoms with E-state index in [1.165, 1.54) is 19.3 Å². The van der Waals surface area contributed by atoms with Crippen LogP contribution in [0.25, 0.3) is 0 Å². The molecule has 0 heterocycles. The Kier molecular flexibility index (Phi) is 2.93. The topological polar surface area (TPSA) is 23.8 Å². The van der Waals surface area contributed by atoms with Gasteiger partial charge in [0.25, 0.3) is 0 Å². The number of nitrogens with zero attached hydrogens (tertiary/aromatic N) is 1. The zero-order valence-electron chi connectivity index (χ0n) is 7.51. The lowest BCUT2D eigenvalue weighted by Gasteiger charge is -2.10. The predicted molar refractivity (Wildman–Crippen MR) is 45.9 cm³/mol. The third kappa shape index (κ3) is 2.22. The molecule has 0 bridgehead atoms. The highest BCUT2D eigenvalue weighted by molar-refractivity contribution is 4.91. The van der Waals surface area contributed by atoms with Crippen molar-refractivity contribution < 1.29 is 0 Å². The summed E-state index contributed by atoms with van der Waals surface area (Å²) in [6, 6.07) is 2.29. The summed E-state index contributed by atoms with van der Waals surface area (Å²) in [6.07, 6.45) is 4.63. The first-order chi connectivity index (χ1) is 5.29. The van der Waals surface area contributed by atoms with Crippen LogP contribution in [0.3, 0.4) is 0 Å². The van der Waals surface area contributed by atoms with E-state index in [1.807, 2.05) is 0 Å². The minimum absolute atomic E-state index is 0.708. The molecule has 3 atom stereocenters. The van der Waals surface area contributed by atoms with Crippen LogP contribution in [0.15, 0.2) is 0 Å². The molecule has 1 nitrogen and oxygen atoms in total. The summed E-state index contributed by atoms with van der Waals surface area (Å²) >= 11 is 0. The van der Waals surface area contributed by atoms with Crippen molar-refractivity contribution >= 4 is 0 Å². The maximum Gasteiger partial charge on any atom is 0.0624 e. The molecule has 3 unspecified atom stereocenters. The van der Waals surface area contributed by atoms with Crippen LogP contribution in [-0.4, -0.2) is 0 Å². The van der Waals surface area contributed by atoms with Gasteiger partial charge >= 0.3 is 0 Å². The first-order valence-electron chi connectivity index (χ1n) is 4.66. The van der Waals surface area contributed by atoms with Crippen molar-refractivity contribution in [3.63, 3.8) is 0 Å². The molecule has 1 fully saturated rings. The van der Waals surface area contributed by atoms with Crippen LogP contribution >= 0.6 is 0 Å². The maximum atomic E-state index is 8.58. The van der Waals surface area contributed by atoms with E-state index in [1.54, 1.807) is 0 Å². The maximum absolute atomic E-state index is 8.58. The summed E-state index contributed by atoms with van der Waals surface area (Å²) in [7, 11) is 0. The molecular formula is C10H17N. The molecule has 0 radical (unpaired) electrons. The van der Waals surface area contributed by atoms with E-state index in [4.69, 9.17) is 5.26 Å². The molecule has 1 rings (SSSR count). The Morgan fingerprint density at radius 1 is 1.64 bits per heavy atom. The van der Waals surface area contributed by atoms with Gasteiger partial charge in [0.05, 0.1) is 6.07 Å². The number of nitriles is 1. The van der Waals surface area contributed by atoms with Crippen LogP contribution in [0, 0.1) is 29.1 Å². The van der Waals surface area contributed by atoms with E-state index in [2.05, 4.69) is 19.9 Å². The zero-order valence-corrected chi connectivity index (χ0v) is 7.51. The molecule has 0 spiro atoms. The minimum atomic E-state index is 0.708. The monoisotopic (exact) mass is 151 g/mol. The summed E-state index contributed by atoms with van der Waals surface area (Å²) in [5.41, 5.74) is 0. The fourth-order valence-electron chi connectivity index (χ4n) is 1.96. The molecule has 1 aliphatic rings. The largest absolute Gasteiger partial charge is 0.198 e. The molecule has 0 aromatic heterocycles. The molecule has 0 aromatic rings. The molecule has 62 valence electrons. The second kappa shape index (κ2) is 3.76. The van der Waals surface area contributed by atoms with Gasteiger partial charge in [-0.05, 0) is 30.6 Å². The molecule has 1 aliphatic carbocycles. The van der Waals surface area contributed by atoms with Gasteiger partial charge in [-0.3, -0.25) is 0 Å². The molecule has 1 saturated carbocycles. The third-order valence-corrected chi connectivity index (χ3v) is 2.79. The Morgan fingerprint density at radius 3 is 2.64 bits per heavy atom. The van der Waals surface area contributed by atoms with Gasteiger partial charge in [-0.2, -0.15) is 5.26 Å². The Balaban J connectivity index is 2.29. The number of hydrogen-bond acceptors (Lipinski definition) is 1. The first kappa shape index (κ1) is 8.59. The van der Waals surface area contributed by atoms with Gasteiger partial charge in [0.2, 0.25) is 0 Å². The number of rotatable bonds is 4. The Hall–Kier alpha value is -0.510. The van der Waals surface area contributed by atoms with Gasteiger partial charge in [0.1, 0.15) is 0 Å². The lowest BCUT2D eigenvalue weighted by molar-refractivity contribution is 0.414. The average Bonchev–Trinajstić information content (AvgIpc) is 2.67. The molecule has 0 N–H and O–H groups in total. The Labute approximate surface area is 69.4 Å². The predicted octanol–water partition coefficient (Wildman–Crippen LogP) is 2.97. The summed E-state index contributed by atoms with van der Waals surface area (Å²) in [6.45, 7) is 4.50. The van der Waals surface area contributed by atoms with Gasteiger partial charge in [-0.1, -0.05) is 20.3 Å². The minimum Gasteiger partial charge on any atom is -0.198 e. The van der Waals surface area contributed by atoms with Crippen LogP contribution in [0.2, 0.25) is 0 Å². The van der Waals surface area contributed by atoms with Gasteiger partial charge in [0, 0.05) is 6.42 Å².